The molecular formula is C11H18N2O2. The lowest BCUT2D eigenvalue weighted by molar-refractivity contribution is -0.0446. The van der Waals surface area contributed by atoms with Crippen molar-refractivity contribution >= 4 is 0 Å². The van der Waals surface area contributed by atoms with Gasteiger partial charge in [0.1, 0.15) is 0 Å². The second-order valence-corrected chi connectivity index (χ2v) is 4.24. The summed E-state index contributed by atoms with van der Waals surface area (Å²) < 4.78 is 11.0. The van der Waals surface area contributed by atoms with Crippen molar-refractivity contribution in [1.82, 2.24) is 4.90 Å². The van der Waals surface area contributed by atoms with E-state index in [9.17, 15) is 0 Å². The minimum atomic E-state index is -0.248. The van der Waals surface area contributed by atoms with Crippen LogP contribution in [-0.2, 0) is 9.47 Å². The molecule has 2 unspecified atom stereocenters. The van der Waals surface area contributed by atoms with Crippen molar-refractivity contribution in [3.8, 4) is 6.07 Å². The first-order valence-electron chi connectivity index (χ1n) is 5.73. The fraction of sp³-hybridized carbons (Fsp3) is 0.909. The van der Waals surface area contributed by atoms with Crippen molar-refractivity contribution in [2.45, 2.75) is 31.5 Å². The van der Waals surface area contributed by atoms with Crippen LogP contribution in [0.1, 0.15) is 19.3 Å². The lowest BCUT2D eigenvalue weighted by Gasteiger charge is -2.33. The van der Waals surface area contributed by atoms with Gasteiger partial charge >= 0.3 is 0 Å². The lowest BCUT2D eigenvalue weighted by Crippen LogP contribution is -2.46. The van der Waals surface area contributed by atoms with Crippen LogP contribution in [0.5, 0.6) is 0 Å². The van der Waals surface area contributed by atoms with Crippen LogP contribution >= 0.6 is 0 Å². The molecule has 0 radical (unpaired) electrons. The molecule has 0 aliphatic carbocycles. The lowest BCUT2D eigenvalue weighted by atomic mass is 10.1. The summed E-state index contributed by atoms with van der Waals surface area (Å²) in [6.45, 7) is 4.19. The molecule has 0 spiro atoms. The van der Waals surface area contributed by atoms with E-state index in [0.717, 1.165) is 32.7 Å². The third kappa shape index (κ3) is 3.16. The Morgan fingerprint density at radius 3 is 2.93 bits per heavy atom. The van der Waals surface area contributed by atoms with Crippen molar-refractivity contribution in [3.05, 3.63) is 0 Å². The van der Waals surface area contributed by atoms with Crippen molar-refractivity contribution < 1.29 is 9.47 Å². The first-order valence-corrected chi connectivity index (χ1v) is 5.73. The molecule has 0 aromatic carbocycles. The Hall–Kier alpha value is -0.630. The summed E-state index contributed by atoms with van der Waals surface area (Å²) in [5, 5.41) is 8.78. The fourth-order valence-electron chi connectivity index (χ4n) is 2.19. The number of hydrogen-bond donors (Lipinski definition) is 0. The number of hydrogen-bond acceptors (Lipinski definition) is 4. The van der Waals surface area contributed by atoms with Crippen molar-refractivity contribution in [3.63, 3.8) is 0 Å². The van der Waals surface area contributed by atoms with Crippen LogP contribution in [0.2, 0.25) is 0 Å². The quantitative estimate of drug-likeness (QED) is 0.675. The maximum absolute atomic E-state index is 8.78. The number of rotatable bonds is 2. The van der Waals surface area contributed by atoms with E-state index in [1.807, 2.05) is 0 Å². The molecule has 2 heterocycles. The Bertz CT molecular complexity index is 233. The summed E-state index contributed by atoms with van der Waals surface area (Å²) >= 11 is 0. The summed E-state index contributed by atoms with van der Waals surface area (Å²) in [6, 6.07) is 2.17. The van der Waals surface area contributed by atoms with Crippen molar-refractivity contribution in [1.29, 1.82) is 5.26 Å². The van der Waals surface area contributed by atoms with E-state index < -0.39 is 0 Å². The second kappa shape index (κ2) is 5.45. The molecule has 0 saturated carbocycles. The van der Waals surface area contributed by atoms with E-state index in [1.54, 1.807) is 0 Å². The summed E-state index contributed by atoms with van der Waals surface area (Å²) in [5.74, 6) is 0. The molecule has 15 heavy (non-hydrogen) atoms. The van der Waals surface area contributed by atoms with Crippen LogP contribution in [0.15, 0.2) is 0 Å². The predicted molar refractivity (Wildman–Crippen MR) is 55.4 cm³/mol. The summed E-state index contributed by atoms with van der Waals surface area (Å²) in [6.07, 6.45) is 3.75. The van der Waals surface area contributed by atoms with E-state index in [0.29, 0.717) is 12.7 Å². The van der Waals surface area contributed by atoms with Gasteiger partial charge in [0.25, 0.3) is 0 Å². The molecule has 2 fully saturated rings. The fourth-order valence-corrected chi connectivity index (χ4v) is 2.19. The monoisotopic (exact) mass is 210 g/mol. The van der Waals surface area contributed by atoms with Crippen LogP contribution in [0.3, 0.4) is 0 Å². The molecule has 0 bridgehead atoms. The number of nitrogens with zero attached hydrogens (tertiary/aromatic N) is 2. The van der Waals surface area contributed by atoms with Gasteiger partial charge in [-0.05, 0) is 19.3 Å². The zero-order chi connectivity index (χ0) is 10.5. The molecule has 2 aliphatic rings. The molecular weight excluding hydrogens is 192 g/mol. The van der Waals surface area contributed by atoms with Gasteiger partial charge < -0.3 is 9.47 Å². The van der Waals surface area contributed by atoms with Gasteiger partial charge in [-0.15, -0.1) is 0 Å². The van der Waals surface area contributed by atoms with Crippen LogP contribution in [0, 0.1) is 11.3 Å². The maximum Gasteiger partial charge on any atom is 0.156 e. The molecule has 0 aromatic heterocycles. The van der Waals surface area contributed by atoms with Gasteiger partial charge in [-0.3, -0.25) is 4.90 Å². The zero-order valence-electron chi connectivity index (χ0n) is 9.02. The summed E-state index contributed by atoms with van der Waals surface area (Å²) in [7, 11) is 0. The maximum atomic E-state index is 8.78. The Balaban J connectivity index is 1.75. The average Bonchev–Trinajstić information content (AvgIpc) is 2.31. The van der Waals surface area contributed by atoms with Gasteiger partial charge in [-0.1, -0.05) is 0 Å². The Labute approximate surface area is 90.8 Å². The van der Waals surface area contributed by atoms with E-state index in [1.165, 1.54) is 12.8 Å². The van der Waals surface area contributed by atoms with E-state index in [-0.39, 0.29) is 6.10 Å². The molecule has 0 amide bonds. The van der Waals surface area contributed by atoms with E-state index >= 15 is 0 Å². The minimum absolute atomic E-state index is 0.248. The molecule has 84 valence electrons. The first kappa shape index (κ1) is 10.9. The average molecular weight is 210 g/mol. The molecule has 2 aliphatic heterocycles. The number of nitriles is 1. The van der Waals surface area contributed by atoms with Gasteiger partial charge in [0.05, 0.1) is 18.8 Å². The van der Waals surface area contributed by atoms with Gasteiger partial charge in [-0.2, -0.15) is 5.26 Å². The van der Waals surface area contributed by atoms with Crippen LogP contribution in [0.4, 0.5) is 0 Å². The third-order valence-corrected chi connectivity index (χ3v) is 3.03. The van der Waals surface area contributed by atoms with Crippen molar-refractivity contribution in [2.75, 3.05) is 32.8 Å². The standard InChI is InChI=1S/C11H18N2O2/c12-7-11-9-13(4-6-15-11)8-10-3-1-2-5-14-10/h10-11H,1-6,8-9H2. The molecule has 0 aromatic rings. The molecule has 4 nitrogen and oxygen atoms in total. The highest BCUT2D eigenvalue weighted by atomic mass is 16.5. The SMILES string of the molecule is N#CC1CN(CC2CCCCO2)CCO1. The van der Waals surface area contributed by atoms with Crippen LogP contribution in [-0.4, -0.2) is 50.0 Å². The zero-order valence-corrected chi connectivity index (χ0v) is 9.02. The van der Waals surface area contributed by atoms with Gasteiger partial charge in [0.2, 0.25) is 0 Å². The molecule has 4 heteroatoms. The van der Waals surface area contributed by atoms with E-state index in [2.05, 4.69) is 11.0 Å². The summed E-state index contributed by atoms with van der Waals surface area (Å²) in [5.41, 5.74) is 0. The molecule has 0 N–H and O–H groups in total. The predicted octanol–water partition coefficient (Wildman–Crippen LogP) is 0.780. The molecule has 2 rings (SSSR count). The third-order valence-electron chi connectivity index (χ3n) is 3.03. The number of morpholine rings is 1. The molecule has 2 saturated heterocycles. The smallest absolute Gasteiger partial charge is 0.156 e. The van der Waals surface area contributed by atoms with Gasteiger partial charge in [0.15, 0.2) is 6.10 Å². The highest BCUT2D eigenvalue weighted by molar-refractivity contribution is 4.89. The Morgan fingerprint density at radius 1 is 1.27 bits per heavy atom. The highest BCUT2D eigenvalue weighted by Gasteiger charge is 2.23. The van der Waals surface area contributed by atoms with Crippen LogP contribution < -0.4 is 0 Å². The molecule has 2 atom stereocenters. The van der Waals surface area contributed by atoms with Crippen LogP contribution in [0.25, 0.3) is 0 Å². The summed E-state index contributed by atoms with van der Waals surface area (Å²) in [4.78, 5) is 2.29. The Morgan fingerprint density at radius 2 is 2.20 bits per heavy atom. The van der Waals surface area contributed by atoms with Gasteiger partial charge in [0, 0.05) is 26.2 Å². The minimum Gasteiger partial charge on any atom is -0.377 e. The van der Waals surface area contributed by atoms with Gasteiger partial charge in [-0.25, -0.2) is 0 Å². The van der Waals surface area contributed by atoms with E-state index in [4.69, 9.17) is 14.7 Å². The topological polar surface area (TPSA) is 45.5 Å². The number of ether oxygens (including phenoxy) is 2. The second-order valence-electron chi connectivity index (χ2n) is 4.24. The Kier molecular flexibility index (Phi) is 3.95. The largest absolute Gasteiger partial charge is 0.377 e. The highest BCUT2D eigenvalue weighted by Crippen LogP contribution is 2.15. The first-order chi connectivity index (χ1) is 7.38. The van der Waals surface area contributed by atoms with Crippen molar-refractivity contribution in [2.24, 2.45) is 0 Å². The normalized spacial score (nSPS) is 33.5.